The van der Waals surface area contributed by atoms with Gasteiger partial charge < -0.3 is 9.84 Å². The van der Waals surface area contributed by atoms with Crippen LogP contribution in [0.5, 0.6) is 0 Å². The van der Waals surface area contributed by atoms with Gasteiger partial charge in [0.2, 0.25) is 0 Å². The third-order valence-corrected chi connectivity index (χ3v) is 1.58. The largest absolute Gasteiger partial charge is 0.466 e. The Hall–Kier alpha value is -1.09. The maximum absolute atomic E-state index is 10.9. The highest BCUT2D eigenvalue weighted by molar-refractivity contribution is 5.89. The van der Waals surface area contributed by atoms with Crippen molar-refractivity contribution in [2.24, 2.45) is 0 Å². The number of hydrogen-bond acceptors (Lipinski definition) is 3. The topological polar surface area (TPSA) is 46.5 Å². The molecule has 0 aromatic carbocycles. The predicted molar refractivity (Wildman–Crippen MR) is 51.2 cm³/mol. The number of aliphatic hydroxyl groups is 1. The first kappa shape index (κ1) is 11.9. The molecular formula is C10H16O3. The lowest BCUT2D eigenvalue weighted by atomic mass is 10.1. The standard InChI is InChI=1S/C10H16O3/c1-4-5-6-7-9(11)8(2)10(12)13-3/h6-7,9,11H,2,4-5H2,1,3H3/b7-6+. The zero-order chi connectivity index (χ0) is 10.3. The number of ether oxygens (including phenoxy) is 1. The number of unbranched alkanes of at least 4 members (excludes halogenated alkanes) is 1. The second kappa shape index (κ2) is 6.43. The summed E-state index contributed by atoms with van der Waals surface area (Å²) in [6.45, 7) is 5.46. The quantitative estimate of drug-likeness (QED) is 0.399. The van der Waals surface area contributed by atoms with Crippen LogP contribution in [0.2, 0.25) is 0 Å². The molecule has 0 heterocycles. The van der Waals surface area contributed by atoms with Crippen LogP contribution < -0.4 is 0 Å². The Kier molecular flexibility index (Phi) is 5.89. The Morgan fingerprint density at radius 3 is 2.77 bits per heavy atom. The average Bonchev–Trinajstić information content (AvgIpc) is 2.15. The van der Waals surface area contributed by atoms with Gasteiger partial charge in [0.05, 0.1) is 12.7 Å². The fraction of sp³-hybridized carbons (Fsp3) is 0.500. The van der Waals surface area contributed by atoms with Crippen LogP contribution in [0.1, 0.15) is 19.8 Å². The maximum atomic E-state index is 10.9. The van der Waals surface area contributed by atoms with Crippen molar-refractivity contribution in [3.8, 4) is 0 Å². The Morgan fingerprint density at radius 1 is 1.69 bits per heavy atom. The number of carbonyl (C=O) groups is 1. The lowest BCUT2D eigenvalue weighted by molar-refractivity contribution is -0.136. The van der Waals surface area contributed by atoms with E-state index in [2.05, 4.69) is 11.3 Å². The number of aliphatic hydroxyl groups excluding tert-OH is 1. The van der Waals surface area contributed by atoms with E-state index in [1.54, 1.807) is 6.08 Å². The Morgan fingerprint density at radius 2 is 2.31 bits per heavy atom. The summed E-state index contributed by atoms with van der Waals surface area (Å²) in [4.78, 5) is 10.9. The highest BCUT2D eigenvalue weighted by Gasteiger charge is 2.13. The van der Waals surface area contributed by atoms with Crippen molar-refractivity contribution in [3.63, 3.8) is 0 Å². The van der Waals surface area contributed by atoms with Crippen LogP contribution in [0.15, 0.2) is 24.3 Å². The number of methoxy groups -OCH3 is 1. The van der Waals surface area contributed by atoms with Crippen LogP contribution in [-0.2, 0) is 9.53 Å². The highest BCUT2D eigenvalue weighted by Crippen LogP contribution is 2.04. The zero-order valence-corrected chi connectivity index (χ0v) is 8.12. The summed E-state index contributed by atoms with van der Waals surface area (Å²) in [5.41, 5.74) is 0.0647. The number of rotatable bonds is 5. The van der Waals surface area contributed by atoms with Crippen molar-refractivity contribution in [3.05, 3.63) is 24.3 Å². The summed E-state index contributed by atoms with van der Waals surface area (Å²) in [6, 6.07) is 0. The SMILES string of the molecule is C=C(C(=O)OC)C(O)/C=C/CCC. The summed E-state index contributed by atoms with van der Waals surface area (Å²) in [6.07, 6.45) is 4.32. The Balaban J connectivity index is 4.03. The molecule has 0 rings (SSSR count). The van der Waals surface area contributed by atoms with Gasteiger partial charge in [0.1, 0.15) is 6.10 Å². The molecule has 0 saturated carbocycles. The zero-order valence-electron chi connectivity index (χ0n) is 8.12. The Bertz CT molecular complexity index is 206. The minimum absolute atomic E-state index is 0.0647. The molecule has 0 aliphatic rings. The molecule has 1 N–H and O–H groups in total. The van der Waals surface area contributed by atoms with Gasteiger partial charge in [0, 0.05) is 0 Å². The monoisotopic (exact) mass is 184 g/mol. The van der Waals surface area contributed by atoms with Crippen molar-refractivity contribution in [1.82, 2.24) is 0 Å². The smallest absolute Gasteiger partial charge is 0.336 e. The minimum Gasteiger partial charge on any atom is -0.466 e. The first-order valence-corrected chi connectivity index (χ1v) is 4.25. The van der Waals surface area contributed by atoms with E-state index in [1.165, 1.54) is 7.11 Å². The van der Waals surface area contributed by atoms with Gasteiger partial charge in [-0.2, -0.15) is 0 Å². The first-order valence-electron chi connectivity index (χ1n) is 4.25. The summed E-state index contributed by atoms with van der Waals surface area (Å²) < 4.78 is 4.41. The maximum Gasteiger partial charge on any atom is 0.336 e. The molecule has 0 fully saturated rings. The van der Waals surface area contributed by atoms with Crippen LogP contribution in [0.4, 0.5) is 0 Å². The molecule has 0 aromatic rings. The molecule has 13 heavy (non-hydrogen) atoms. The van der Waals surface area contributed by atoms with E-state index < -0.39 is 12.1 Å². The number of hydrogen-bond donors (Lipinski definition) is 1. The molecule has 0 radical (unpaired) electrons. The third kappa shape index (κ3) is 4.48. The molecule has 0 saturated heterocycles. The average molecular weight is 184 g/mol. The fourth-order valence-corrected chi connectivity index (χ4v) is 0.760. The fourth-order valence-electron chi connectivity index (χ4n) is 0.760. The third-order valence-electron chi connectivity index (χ3n) is 1.58. The van der Waals surface area contributed by atoms with Gasteiger partial charge in [0.25, 0.3) is 0 Å². The van der Waals surface area contributed by atoms with Gasteiger partial charge in [-0.05, 0) is 6.42 Å². The highest BCUT2D eigenvalue weighted by atomic mass is 16.5. The van der Waals surface area contributed by atoms with E-state index in [-0.39, 0.29) is 5.57 Å². The van der Waals surface area contributed by atoms with Crippen LogP contribution in [0.3, 0.4) is 0 Å². The van der Waals surface area contributed by atoms with E-state index in [0.29, 0.717) is 0 Å². The van der Waals surface area contributed by atoms with E-state index in [4.69, 9.17) is 0 Å². The molecule has 0 aromatic heterocycles. The van der Waals surface area contributed by atoms with Gasteiger partial charge in [-0.25, -0.2) is 4.79 Å². The van der Waals surface area contributed by atoms with Crippen molar-refractivity contribution < 1.29 is 14.6 Å². The van der Waals surface area contributed by atoms with Gasteiger partial charge in [-0.1, -0.05) is 32.1 Å². The second-order valence-corrected chi connectivity index (χ2v) is 2.68. The van der Waals surface area contributed by atoms with Gasteiger partial charge in [0.15, 0.2) is 0 Å². The van der Waals surface area contributed by atoms with Crippen molar-refractivity contribution >= 4 is 5.97 Å². The van der Waals surface area contributed by atoms with Gasteiger partial charge >= 0.3 is 5.97 Å². The van der Waals surface area contributed by atoms with Crippen molar-refractivity contribution in [2.75, 3.05) is 7.11 Å². The van der Waals surface area contributed by atoms with Crippen LogP contribution in [-0.4, -0.2) is 24.3 Å². The van der Waals surface area contributed by atoms with E-state index in [1.807, 2.05) is 13.0 Å². The molecule has 0 bridgehead atoms. The molecule has 1 unspecified atom stereocenters. The van der Waals surface area contributed by atoms with E-state index in [9.17, 15) is 9.90 Å². The molecule has 0 spiro atoms. The molecular weight excluding hydrogens is 168 g/mol. The minimum atomic E-state index is -0.931. The number of esters is 1. The summed E-state index contributed by atoms with van der Waals surface area (Å²) >= 11 is 0. The predicted octanol–water partition coefficient (Wildman–Crippen LogP) is 1.43. The first-order chi connectivity index (χ1) is 6.13. The Labute approximate surface area is 78.7 Å². The molecule has 1 atom stereocenters. The van der Waals surface area contributed by atoms with E-state index in [0.717, 1.165) is 12.8 Å². The molecule has 0 aliphatic heterocycles. The van der Waals surface area contributed by atoms with Crippen LogP contribution in [0, 0.1) is 0 Å². The number of allylic oxidation sites excluding steroid dienone is 1. The van der Waals surface area contributed by atoms with Crippen LogP contribution in [0.25, 0.3) is 0 Å². The molecule has 3 heteroatoms. The summed E-state index contributed by atoms with van der Waals surface area (Å²) in [7, 11) is 1.26. The summed E-state index contributed by atoms with van der Waals surface area (Å²) in [5, 5.41) is 9.36. The lowest BCUT2D eigenvalue weighted by Gasteiger charge is -2.06. The second-order valence-electron chi connectivity index (χ2n) is 2.68. The van der Waals surface area contributed by atoms with Crippen molar-refractivity contribution in [1.29, 1.82) is 0 Å². The van der Waals surface area contributed by atoms with Gasteiger partial charge in [-0.3, -0.25) is 0 Å². The molecule has 3 nitrogen and oxygen atoms in total. The molecule has 0 amide bonds. The van der Waals surface area contributed by atoms with Gasteiger partial charge in [-0.15, -0.1) is 0 Å². The number of carbonyl (C=O) groups excluding carboxylic acids is 1. The lowest BCUT2D eigenvalue weighted by Crippen LogP contribution is -2.15. The normalized spacial score (nSPS) is 12.8. The van der Waals surface area contributed by atoms with Crippen molar-refractivity contribution in [2.45, 2.75) is 25.9 Å². The summed E-state index contributed by atoms with van der Waals surface area (Å²) in [5.74, 6) is -0.575. The molecule has 0 aliphatic carbocycles. The van der Waals surface area contributed by atoms with Crippen LogP contribution >= 0.6 is 0 Å². The van der Waals surface area contributed by atoms with E-state index >= 15 is 0 Å². The molecule has 74 valence electrons.